The molecule has 2 N–H and O–H groups in total. The number of nitrogens with zero attached hydrogens (tertiary/aromatic N) is 5. The number of aromatic nitrogens is 3. The van der Waals surface area contributed by atoms with Crippen molar-refractivity contribution in [1.29, 1.82) is 0 Å². The molecule has 1 aromatic carbocycles. The van der Waals surface area contributed by atoms with Crippen LogP contribution < -0.4 is 10.6 Å². The van der Waals surface area contributed by atoms with Gasteiger partial charge in [0.2, 0.25) is 0 Å². The Labute approximate surface area is 167 Å². The predicted octanol–water partition coefficient (Wildman–Crippen LogP) is 1.10. The minimum absolute atomic E-state index is 0.0408. The standard InChI is InChI=1S/C20H31N7O/c1-20(2,26-7-9-28-10-8-26)14-24-19(21-3)23-12-17-5-4-6-18(11-17)13-27-16-22-15-25-27/h4-6,11,15-16H,7-10,12-14H2,1-3H3,(H2,21,23,24). The normalized spacial score (nSPS) is 16.2. The number of morpholine rings is 1. The van der Waals surface area contributed by atoms with Gasteiger partial charge in [-0.1, -0.05) is 24.3 Å². The van der Waals surface area contributed by atoms with Crippen LogP contribution in [0.2, 0.25) is 0 Å². The van der Waals surface area contributed by atoms with E-state index in [4.69, 9.17) is 4.74 Å². The number of guanidine groups is 1. The smallest absolute Gasteiger partial charge is 0.191 e. The zero-order valence-electron chi connectivity index (χ0n) is 17.1. The average Bonchev–Trinajstić information content (AvgIpc) is 3.22. The summed E-state index contributed by atoms with van der Waals surface area (Å²) in [4.78, 5) is 10.8. The van der Waals surface area contributed by atoms with E-state index in [0.29, 0.717) is 13.1 Å². The highest BCUT2D eigenvalue weighted by Gasteiger charge is 2.28. The Morgan fingerprint density at radius 2 is 2.00 bits per heavy atom. The molecule has 0 atom stereocenters. The predicted molar refractivity (Wildman–Crippen MR) is 110 cm³/mol. The van der Waals surface area contributed by atoms with Gasteiger partial charge in [0.25, 0.3) is 0 Å². The third-order valence-electron chi connectivity index (χ3n) is 5.04. The molecule has 1 fully saturated rings. The van der Waals surface area contributed by atoms with E-state index in [1.165, 1.54) is 11.1 Å². The summed E-state index contributed by atoms with van der Waals surface area (Å²) in [6.45, 7) is 10.3. The Morgan fingerprint density at radius 1 is 1.21 bits per heavy atom. The molecule has 0 amide bonds. The average molecular weight is 386 g/mol. The first-order chi connectivity index (χ1) is 13.6. The van der Waals surface area contributed by atoms with Crippen LogP contribution in [0.3, 0.4) is 0 Å². The maximum Gasteiger partial charge on any atom is 0.191 e. The van der Waals surface area contributed by atoms with E-state index >= 15 is 0 Å². The van der Waals surface area contributed by atoms with Crippen LogP contribution in [0.4, 0.5) is 0 Å². The Hall–Kier alpha value is -2.45. The summed E-state index contributed by atoms with van der Waals surface area (Å²) in [5.74, 6) is 0.808. The van der Waals surface area contributed by atoms with Crippen LogP contribution in [0.1, 0.15) is 25.0 Å². The lowest BCUT2D eigenvalue weighted by Gasteiger charge is -2.41. The van der Waals surface area contributed by atoms with Crippen molar-refractivity contribution < 1.29 is 4.74 Å². The summed E-state index contributed by atoms with van der Waals surface area (Å²) in [7, 11) is 1.80. The molecule has 1 saturated heterocycles. The van der Waals surface area contributed by atoms with Gasteiger partial charge in [-0.3, -0.25) is 9.89 Å². The number of hydrogen-bond donors (Lipinski definition) is 2. The fraction of sp³-hybridized carbons (Fsp3) is 0.550. The van der Waals surface area contributed by atoms with E-state index in [1.54, 1.807) is 19.7 Å². The topological polar surface area (TPSA) is 79.6 Å². The fourth-order valence-corrected chi connectivity index (χ4v) is 3.33. The molecule has 28 heavy (non-hydrogen) atoms. The van der Waals surface area contributed by atoms with Crippen molar-refractivity contribution in [1.82, 2.24) is 30.3 Å². The van der Waals surface area contributed by atoms with E-state index in [1.807, 2.05) is 4.68 Å². The van der Waals surface area contributed by atoms with Crippen molar-refractivity contribution >= 4 is 5.96 Å². The third-order valence-corrected chi connectivity index (χ3v) is 5.04. The molecule has 8 nitrogen and oxygen atoms in total. The zero-order valence-corrected chi connectivity index (χ0v) is 17.1. The van der Waals surface area contributed by atoms with Crippen molar-refractivity contribution in [2.24, 2.45) is 4.99 Å². The molecule has 2 heterocycles. The molecule has 3 rings (SSSR count). The number of ether oxygens (including phenoxy) is 1. The Morgan fingerprint density at radius 3 is 2.71 bits per heavy atom. The van der Waals surface area contributed by atoms with Gasteiger partial charge >= 0.3 is 0 Å². The molecule has 0 bridgehead atoms. The second-order valence-electron chi connectivity index (χ2n) is 7.60. The summed E-state index contributed by atoms with van der Waals surface area (Å²) in [6.07, 6.45) is 3.28. The SMILES string of the molecule is CN=C(NCc1cccc(Cn2cncn2)c1)NCC(C)(C)N1CCOCC1. The quantitative estimate of drug-likeness (QED) is 0.549. The maximum absolute atomic E-state index is 5.46. The van der Waals surface area contributed by atoms with Crippen molar-refractivity contribution in [3.05, 3.63) is 48.0 Å². The van der Waals surface area contributed by atoms with Gasteiger partial charge in [-0.05, 0) is 25.0 Å². The molecule has 8 heteroatoms. The summed E-state index contributed by atoms with van der Waals surface area (Å²) < 4.78 is 7.28. The van der Waals surface area contributed by atoms with Gasteiger partial charge in [0, 0.05) is 38.8 Å². The highest BCUT2D eigenvalue weighted by molar-refractivity contribution is 5.79. The minimum Gasteiger partial charge on any atom is -0.379 e. The molecular weight excluding hydrogens is 354 g/mol. The number of hydrogen-bond acceptors (Lipinski definition) is 5. The molecule has 0 unspecified atom stereocenters. The first-order valence-electron chi connectivity index (χ1n) is 9.74. The molecule has 1 aromatic heterocycles. The summed E-state index contributed by atoms with van der Waals surface area (Å²) >= 11 is 0. The molecule has 1 aliphatic heterocycles. The van der Waals surface area contributed by atoms with Crippen molar-refractivity contribution in [3.8, 4) is 0 Å². The van der Waals surface area contributed by atoms with E-state index < -0.39 is 0 Å². The van der Waals surface area contributed by atoms with E-state index in [2.05, 4.69) is 68.7 Å². The summed E-state index contributed by atoms with van der Waals surface area (Å²) in [6, 6.07) is 8.46. The Kier molecular flexibility index (Phi) is 7.00. The van der Waals surface area contributed by atoms with Gasteiger partial charge in [0.1, 0.15) is 12.7 Å². The van der Waals surface area contributed by atoms with Gasteiger partial charge in [-0.15, -0.1) is 0 Å². The van der Waals surface area contributed by atoms with Gasteiger partial charge in [-0.25, -0.2) is 9.67 Å². The van der Waals surface area contributed by atoms with Gasteiger partial charge < -0.3 is 15.4 Å². The lowest BCUT2D eigenvalue weighted by molar-refractivity contribution is -0.00834. The lowest BCUT2D eigenvalue weighted by Crippen LogP contribution is -2.56. The number of benzene rings is 1. The molecular formula is C20H31N7O. The van der Waals surface area contributed by atoms with Crippen LogP contribution >= 0.6 is 0 Å². The van der Waals surface area contributed by atoms with E-state index in [0.717, 1.165) is 38.8 Å². The highest BCUT2D eigenvalue weighted by atomic mass is 16.5. The van der Waals surface area contributed by atoms with Crippen LogP contribution in [0.25, 0.3) is 0 Å². The largest absolute Gasteiger partial charge is 0.379 e. The molecule has 2 aromatic rings. The molecule has 1 aliphatic rings. The lowest BCUT2D eigenvalue weighted by atomic mass is 10.0. The first kappa shape index (κ1) is 20.3. The van der Waals surface area contributed by atoms with E-state index in [-0.39, 0.29) is 5.54 Å². The van der Waals surface area contributed by atoms with Crippen molar-refractivity contribution in [2.45, 2.75) is 32.5 Å². The second kappa shape index (κ2) is 9.66. The van der Waals surface area contributed by atoms with Crippen LogP contribution in [0.15, 0.2) is 41.9 Å². The van der Waals surface area contributed by atoms with Crippen molar-refractivity contribution in [3.63, 3.8) is 0 Å². The zero-order chi connectivity index (χ0) is 19.8. The summed E-state index contributed by atoms with van der Waals surface area (Å²) in [5, 5.41) is 11.0. The van der Waals surface area contributed by atoms with Crippen molar-refractivity contribution in [2.75, 3.05) is 39.9 Å². The first-order valence-corrected chi connectivity index (χ1v) is 9.74. The summed E-state index contributed by atoms with van der Waals surface area (Å²) in [5.41, 5.74) is 2.44. The van der Waals surface area contributed by atoms with Gasteiger partial charge in [-0.2, -0.15) is 5.10 Å². The maximum atomic E-state index is 5.46. The van der Waals surface area contributed by atoms with Crippen LogP contribution in [0, 0.1) is 0 Å². The fourth-order valence-electron chi connectivity index (χ4n) is 3.33. The molecule has 0 aliphatic carbocycles. The molecule has 0 radical (unpaired) electrons. The van der Waals surface area contributed by atoms with Crippen LogP contribution in [-0.4, -0.2) is 71.1 Å². The number of rotatable bonds is 7. The van der Waals surface area contributed by atoms with Crippen LogP contribution in [0.5, 0.6) is 0 Å². The number of nitrogens with one attached hydrogen (secondary N) is 2. The second-order valence-corrected chi connectivity index (χ2v) is 7.60. The third kappa shape index (κ3) is 5.77. The Balaban J connectivity index is 1.50. The highest BCUT2D eigenvalue weighted by Crippen LogP contribution is 2.15. The van der Waals surface area contributed by atoms with Crippen LogP contribution in [-0.2, 0) is 17.8 Å². The monoisotopic (exact) mass is 385 g/mol. The number of aliphatic imine (C=N–C) groups is 1. The Bertz CT molecular complexity index is 752. The van der Waals surface area contributed by atoms with Gasteiger partial charge in [0.15, 0.2) is 5.96 Å². The molecule has 0 spiro atoms. The molecule has 152 valence electrons. The minimum atomic E-state index is 0.0408. The van der Waals surface area contributed by atoms with Gasteiger partial charge in [0.05, 0.1) is 19.8 Å². The molecule has 0 saturated carbocycles. The van der Waals surface area contributed by atoms with E-state index in [9.17, 15) is 0 Å².